The number of hydrogen-bond donors (Lipinski definition) is 1. The van der Waals surface area contributed by atoms with Gasteiger partial charge in [-0.25, -0.2) is 9.97 Å². The van der Waals surface area contributed by atoms with Crippen LogP contribution in [-0.4, -0.2) is 9.97 Å². The lowest BCUT2D eigenvalue weighted by molar-refractivity contribution is 0.654. The van der Waals surface area contributed by atoms with Gasteiger partial charge in [-0.1, -0.05) is 31.2 Å². The quantitative estimate of drug-likeness (QED) is 0.927. The van der Waals surface area contributed by atoms with Crippen LogP contribution in [0.25, 0.3) is 0 Å². The Morgan fingerprint density at radius 1 is 1.33 bits per heavy atom. The summed E-state index contributed by atoms with van der Waals surface area (Å²) in [4.78, 5) is 9.06. The number of fused-ring (bicyclic) bond motifs is 1. The molecule has 1 atom stereocenters. The normalized spacial score (nSPS) is 17.1. The second kappa shape index (κ2) is 4.35. The molecule has 18 heavy (non-hydrogen) atoms. The van der Waals surface area contributed by atoms with Crippen molar-refractivity contribution in [1.29, 1.82) is 0 Å². The Balaban J connectivity index is 2.03. The second-order valence-electron chi connectivity index (χ2n) is 4.54. The summed E-state index contributed by atoms with van der Waals surface area (Å²) in [7, 11) is 0. The molecule has 0 bridgehead atoms. The summed E-state index contributed by atoms with van der Waals surface area (Å²) < 4.78 is 0.835. The molecule has 0 radical (unpaired) electrons. The van der Waals surface area contributed by atoms with Crippen molar-refractivity contribution in [2.75, 3.05) is 5.73 Å². The molecule has 3 rings (SSSR count). The van der Waals surface area contributed by atoms with Gasteiger partial charge in [0.05, 0.1) is 10.2 Å². The van der Waals surface area contributed by atoms with Crippen LogP contribution in [0.2, 0.25) is 0 Å². The number of nitrogens with two attached hydrogens (primary N) is 1. The van der Waals surface area contributed by atoms with E-state index in [2.05, 4.69) is 57.1 Å². The topological polar surface area (TPSA) is 51.8 Å². The molecule has 0 spiro atoms. The van der Waals surface area contributed by atoms with Crippen molar-refractivity contribution in [3.05, 3.63) is 51.4 Å². The van der Waals surface area contributed by atoms with Gasteiger partial charge in [0.2, 0.25) is 0 Å². The predicted octanol–water partition coefficient (Wildman–Crippen LogP) is 3.07. The van der Waals surface area contributed by atoms with Gasteiger partial charge >= 0.3 is 0 Å². The van der Waals surface area contributed by atoms with E-state index in [1.807, 2.05) is 0 Å². The fraction of sp³-hybridized carbons (Fsp3) is 0.286. The molecule has 92 valence electrons. The summed E-state index contributed by atoms with van der Waals surface area (Å²) in [5.74, 6) is 1.70. The van der Waals surface area contributed by atoms with Crippen LogP contribution in [-0.2, 0) is 12.8 Å². The highest BCUT2D eigenvalue weighted by atomic mass is 79.9. The van der Waals surface area contributed by atoms with Gasteiger partial charge < -0.3 is 5.73 Å². The van der Waals surface area contributed by atoms with Crippen LogP contribution in [0.15, 0.2) is 28.7 Å². The minimum atomic E-state index is 0.307. The summed E-state index contributed by atoms with van der Waals surface area (Å²) in [6.07, 6.45) is 1.87. The van der Waals surface area contributed by atoms with Crippen molar-refractivity contribution >= 4 is 21.7 Å². The third kappa shape index (κ3) is 1.72. The van der Waals surface area contributed by atoms with E-state index >= 15 is 0 Å². The molecule has 1 heterocycles. The third-order valence-corrected chi connectivity index (χ3v) is 4.33. The van der Waals surface area contributed by atoms with Crippen LogP contribution in [0, 0.1) is 0 Å². The van der Waals surface area contributed by atoms with Gasteiger partial charge in [-0.15, -0.1) is 0 Å². The Labute approximate surface area is 115 Å². The fourth-order valence-electron chi connectivity index (χ4n) is 2.41. The molecular weight excluding hydrogens is 290 g/mol. The smallest absolute Gasteiger partial charge is 0.141 e. The predicted molar refractivity (Wildman–Crippen MR) is 75.5 cm³/mol. The number of rotatable bonds is 2. The lowest BCUT2D eigenvalue weighted by Gasteiger charge is -2.29. The molecule has 3 nitrogen and oxygen atoms in total. The number of benzene rings is 1. The van der Waals surface area contributed by atoms with Crippen molar-refractivity contribution in [3.8, 4) is 0 Å². The SMILES string of the molecule is CCc1nc(C2Cc3ccccc32)nc(N)c1Br. The molecule has 1 aromatic carbocycles. The molecular formula is C14H14BrN3. The summed E-state index contributed by atoms with van der Waals surface area (Å²) >= 11 is 3.45. The maximum absolute atomic E-state index is 5.94. The van der Waals surface area contributed by atoms with Crippen molar-refractivity contribution < 1.29 is 0 Å². The molecule has 1 aliphatic carbocycles. The van der Waals surface area contributed by atoms with E-state index in [1.54, 1.807) is 0 Å². The molecule has 4 heteroatoms. The van der Waals surface area contributed by atoms with Crippen LogP contribution in [0.3, 0.4) is 0 Å². The molecule has 0 saturated heterocycles. The summed E-state index contributed by atoms with van der Waals surface area (Å²) in [6, 6.07) is 8.45. The number of nitrogen functional groups attached to an aromatic ring is 1. The monoisotopic (exact) mass is 303 g/mol. The molecule has 0 saturated carbocycles. The van der Waals surface area contributed by atoms with E-state index < -0.39 is 0 Å². The summed E-state index contributed by atoms with van der Waals surface area (Å²) in [5.41, 5.74) is 9.65. The molecule has 0 fully saturated rings. The van der Waals surface area contributed by atoms with E-state index in [1.165, 1.54) is 11.1 Å². The molecule has 2 N–H and O–H groups in total. The molecule has 2 aromatic rings. The van der Waals surface area contributed by atoms with Crippen molar-refractivity contribution in [2.45, 2.75) is 25.7 Å². The first-order valence-electron chi connectivity index (χ1n) is 6.10. The molecule has 0 aliphatic heterocycles. The van der Waals surface area contributed by atoms with Crippen LogP contribution in [0.5, 0.6) is 0 Å². The number of anilines is 1. The van der Waals surface area contributed by atoms with Crippen molar-refractivity contribution in [1.82, 2.24) is 9.97 Å². The van der Waals surface area contributed by atoms with Gasteiger partial charge in [-0.3, -0.25) is 0 Å². The van der Waals surface area contributed by atoms with E-state index in [-0.39, 0.29) is 0 Å². The minimum absolute atomic E-state index is 0.307. The van der Waals surface area contributed by atoms with Gasteiger partial charge in [-0.05, 0) is 39.9 Å². The van der Waals surface area contributed by atoms with Crippen molar-refractivity contribution in [3.63, 3.8) is 0 Å². The Morgan fingerprint density at radius 3 is 2.83 bits per heavy atom. The zero-order valence-electron chi connectivity index (χ0n) is 10.2. The zero-order chi connectivity index (χ0) is 12.7. The number of nitrogens with zero attached hydrogens (tertiary/aromatic N) is 2. The molecule has 1 aliphatic rings. The van der Waals surface area contributed by atoms with E-state index in [4.69, 9.17) is 5.73 Å². The zero-order valence-corrected chi connectivity index (χ0v) is 11.7. The van der Waals surface area contributed by atoms with E-state index in [0.717, 1.165) is 28.8 Å². The highest BCUT2D eigenvalue weighted by Gasteiger charge is 2.30. The van der Waals surface area contributed by atoms with Gasteiger partial charge in [0.1, 0.15) is 11.6 Å². The largest absolute Gasteiger partial charge is 0.383 e. The van der Waals surface area contributed by atoms with Gasteiger partial charge in [0.15, 0.2) is 0 Å². The molecule has 0 amide bonds. The minimum Gasteiger partial charge on any atom is -0.383 e. The Hall–Kier alpha value is -1.42. The number of aromatic nitrogens is 2. The number of halogens is 1. The van der Waals surface area contributed by atoms with Crippen LogP contribution >= 0.6 is 15.9 Å². The highest BCUT2D eigenvalue weighted by Crippen LogP contribution is 2.39. The van der Waals surface area contributed by atoms with Crippen LogP contribution < -0.4 is 5.73 Å². The van der Waals surface area contributed by atoms with Crippen LogP contribution in [0.1, 0.15) is 35.5 Å². The Bertz CT molecular complexity index is 610. The van der Waals surface area contributed by atoms with Crippen LogP contribution in [0.4, 0.5) is 5.82 Å². The van der Waals surface area contributed by atoms with Crippen molar-refractivity contribution in [2.24, 2.45) is 0 Å². The first-order chi connectivity index (χ1) is 8.70. The molecule has 1 aromatic heterocycles. The van der Waals surface area contributed by atoms with Gasteiger partial charge in [0.25, 0.3) is 0 Å². The lowest BCUT2D eigenvalue weighted by Crippen LogP contribution is -2.21. The summed E-state index contributed by atoms with van der Waals surface area (Å²) in [5, 5.41) is 0. The van der Waals surface area contributed by atoms with E-state index in [0.29, 0.717) is 11.7 Å². The standard InChI is InChI=1S/C14H14BrN3/c1-2-11-12(15)13(16)18-14(17-11)10-7-8-5-3-4-6-9(8)10/h3-6,10H,2,7H2,1H3,(H2,16,17,18). The third-order valence-electron chi connectivity index (χ3n) is 3.46. The second-order valence-corrected chi connectivity index (χ2v) is 5.33. The Morgan fingerprint density at radius 2 is 2.11 bits per heavy atom. The van der Waals surface area contributed by atoms with E-state index in [9.17, 15) is 0 Å². The van der Waals surface area contributed by atoms with Gasteiger partial charge in [-0.2, -0.15) is 0 Å². The maximum atomic E-state index is 5.94. The maximum Gasteiger partial charge on any atom is 0.141 e. The first-order valence-corrected chi connectivity index (χ1v) is 6.89. The first kappa shape index (κ1) is 11.7. The average molecular weight is 304 g/mol. The fourth-order valence-corrected chi connectivity index (χ4v) is 2.87. The molecule has 1 unspecified atom stereocenters. The summed E-state index contributed by atoms with van der Waals surface area (Å²) in [6.45, 7) is 2.07. The highest BCUT2D eigenvalue weighted by molar-refractivity contribution is 9.10. The Kier molecular flexibility index (Phi) is 2.82. The number of aryl methyl sites for hydroxylation is 1. The van der Waals surface area contributed by atoms with Gasteiger partial charge in [0, 0.05) is 5.92 Å². The number of hydrogen-bond acceptors (Lipinski definition) is 3. The average Bonchev–Trinajstić information content (AvgIpc) is 2.35. The lowest BCUT2D eigenvalue weighted by atomic mass is 9.77.